The molecule has 8 aromatic carbocycles. The van der Waals surface area contributed by atoms with E-state index in [0.29, 0.717) is 0 Å². The van der Waals surface area contributed by atoms with Gasteiger partial charge in [0.2, 0.25) is 0 Å². The molecule has 0 N–H and O–H groups in total. The zero-order valence-corrected chi connectivity index (χ0v) is 31.0. The Kier molecular flexibility index (Phi) is 8.70. The highest BCUT2D eigenvalue weighted by molar-refractivity contribution is 5.99. The average molecular weight is 717 g/mol. The summed E-state index contributed by atoms with van der Waals surface area (Å²) in [7, 11) is 0. The number of para-hydroxylation sites is 1. The molecule has 0 bridgehead atoms. The third-order valence-electron chi connectivity index (χ3n) is 11.2. The van der Waals surface area contributed by atoms with E-state index in [1.807, 2.05) is 0 Å². The number of nitrogens with zero attached hydrogens (tertiary/aromatic N) is 2. The Morgan fingerprint density at radius 3 is 1.48 bits per heavy atom. The van der Waals surface area contributed by atoms with Crippen LogP contribution in [0.4, 0.5) is 28.4 Å². The Morgan fingerprint density at radius 1 is 0.339 bits per heavy atom. The van der Waals surface area contributed by atoms with Gasteiger partial charge in [-0.3, -0.25) is 0 Å². The van der Waals surface area contributed by atoms with Crippen LogP contribution in [-0.4, -0.2) is 0 Å². The summed E-state index contributed by atoms with van der Waals surface area (Å²) in [5, 5.41) is 2.45. The molecular formula is C54H40N2. The summed E-state index contributed by atoms with van der Waals surface area (Å²) >= 11 is 0. The van der Waals surface area contributed by atoms with E-state index in [1.54, 1.807) is 0 Å². The van der Waals surface area contributed by atoms with Gasteiger partial charge in [0.1, 0.15) is 0 Å². The van der Waals surface area contributed by atoms with Gasteiger partial charge in [-0.2, -0.15) is 0 Å². The molecule has 2 aliphatic carbocycles. The monoisotopic (exact) mass is 716 g/mol. The highest BCUT2D eigenvalue weighted by Crippen LogP contribution is 2.47. The Morgan fingerprint density at radius 2 is 0.821 bits per heavy atom. The number of hydrogen-bond donors (Lipinski definition) is 0. The Balaban J connectivity index is 1.02. The fourth-order valence-electron chi connectivity index (χ4n) is 8.50. The third-order valence-corrected chi connectivity index (χ3v) is 11.2. The van der Waals surface area contributed by atoms with Crippen molar-refractivity contribution in [3.05, 3.63) is 241 Å². The second-order valence-corrected chi connectivity index (χ2v) is 14.5. The van der Waals surface area contributed by atoms with Gasteiger partial charge < -0.3 is 9.80 Å². The van der Waals surface area contributed by atoms with E-state index in [9.17, 15) is 0 Å². The molecule has 0 spiro atoms. The number of hydrogen-bond acceptors (Lipinski definition) is 2. The van der Waals surface area contributed by atoms with E-state index in [2.05, 4.69) is 240 Å². The Labute approximate surface area is 329 Å². The van der Waals surface area contributed by atoms with Crippen molar-refractivity contribution >= 4 is 45.3 Å². The van der Waals surface area contributed by atoms with Crippen molar-refractivity contribution in [3.63, 3.8) is 0 Å². The maximum Gasteiger partial charge on any atom is 0.0540 e. The molecule has 2 unspecified atom stereocenters. The maximum atomic E-state index is 2.46. The van der Waals surface area contributed by atoms with Crippen LogP contribution in [-0.2, 0) is 0 Å². The minimum atomic E-state index is 0.213. The molecule has 2 heteroatoms. The van der Waals surface area contributed by atoms with Gasteiger partial charge in [0.15, 0.2) is 0 Å². The minimum absolute atomic E-state index is 0.213. The predicted molar refractivity (Wildman–Crippen MR) is 237 cm³/mol. The van der Waals surface area contributed by atoms with E-state index in [-0.39, 0.29) is 11.8 Å². The summed E-state index contributed by atoms with van der Waals surface area (Å²) in [6.07, 6.45) is 11.5. The first-order chi connectivity index (χ1) is 27.8. The molecule has 0 saturated heterocycles. The Hall–Kier alpha value is -7.16. The summed E-state index contributed by atoms with van der Waals surface area (Å²) in [5.74, 6) is 0.495. The van der Waals surface area contributed by atoms with Gasteiger partial charge in [0.25, 0.3) is 0 Å². The molecule has 0 aliphatic heterocycles. The van der Waals surface area contributed by atoms with Crippen molar-refractivity contribution in [2.24, 2.45) is 5.92 Å². The van der Waals surface area contributed by atoms with Crippen molar-refractivity contribution in [3.8, 4) is 22.3 Å². The van der Waals surface area contributed by atoms with Gasteiger partial charge in [-0.05, 0) is 99.4 Å². The normalized spacial score (nSPS) is 15.5. The number of fused-ring (bicyclic) bond motifs is 4. The van der Waals surface area contributed by atoms with Crippen molar-refractivity contribution < 1.29 is 0 Å². The topological polar surface area (TPSA) is 6.48 Å². The van der Waals surface area contributed by atoms with Crippen molar-refractivity contribution in [1.29, 1.82) is 0 Å². The van der Waals surface area contributed by atoms with Crippen molar-refractivity contribution in [1.82, 2.24) is 0 Å². The van der Waals surface area contributed by atoms with E-state index in [4.69, 9.17) is 0 Å². The van der Waals surface area contributed by atoms with E-state index < -0.39 is 0 Å². The lowest BCUT2D eigenvalue weighted by Crippen LogP contribution is -2.28. The van der Waals surface area contributed by atoms with Crippen LogP contribution in [0.5, 0.6) is 0 Å². The third kappa shape index (κ3) is 6.22. The average Bonchev–Trinajstić information content (AvgIpc) is 3.28. The van der Waals surface area contributed by atoms with Crippen LogP contribution in [0.3, 0.4) is 0 Å². The highest BCUT2D eigenvalue weighted by atomic mass is 15.2. The lowest BCUT2D eigenvalue weighted by molar-refractivity contribution is 0.643. The molecule has 0 radical (unpaired) electrons. The minimum Gasteiger partial charge on any atom is -0.314 e. The van der Waals surface area contributed by atoms with Crippen LogP contribution >= 0.6 is 0 Å². The largest absolute Gasteiger partial charge is 0.314 e. The van der Waals surface area contributed by atoms with Gasteiger partial charge in [-0.15, -0.1) is 0 Å². The van der Waals surface area contributed by atoms with Gasteiger partial charge in [0, 0.05) is 45.7 Å². The number of benzene rings is 8. The molecule has 56 heavy (non-hydrogen) atoms. The molecular weight excluding hydrogens is 677 g/mol. The summed E-state index contributed by atoms with van der Waals surface area (Å²) in [4.78, 5) is 4.81. The van der Waals surface area contributed by atoms with E-state index in [0.717, 1.165) is 28.4 Å². The van der Waals surface area contributed by atoms with Gasteiger partial charge >= 0.3 is 0 Å². The number of anilines is 5. The number of allylic oxidation sites excluding steroid dienone is 4. The molecule has 8 aromatic rings. The van der Waals surface area contributed by atoms with E-state index in [1.165, 1.54) is 49.9 Å². The predicted octanol–water partition coefficient (Wildman–Crippen LogP) is 14.7. The lowest BCUT2D eigenvalue weighted by Gasteiger charge is -2.39. The lowest BCUT2D eigenvalue weighted by atomic mass is 9.74. The molecule has 2 atom stereocenters. The van der Waals surface area contributed by atoms with Crippen LogP contribution in [0.25, 0.3) is 39.1 Å². The standard InChI is InChI=1S/C54H40N2/c1-3-14-39(15-4-1)40-26-34-47(35-27-40)56(54-38-44-17-8-9-21-49(44)51-23-11-12-24-52(51)54)48-36-30-42(31-37-48)41-28-32-46(33-29-41)55(45-19-5-2-6-20-45)53-25-13-18-43-16-7-10-22-50(43)53/h1-38,51-52H. The first-order valence-corrected chi connectivity index (χ1v) is 19.4. The molecule has 10 rings (SSSR count). The van der Waals surface area contributed by atoms with Crippen LogP contribution in [0.2, 0.25) is 0 Å². The smallest absolute Gasteiger partial charge is 0.0540 e. The summed E-state index contributed by atoms with van der Waals surface area (Å²) in [6, 6.07) is 72.3. The molecule has 2 aliphatic rings. The maximum absolute atomic E-state index is 2.46. The van der Waals surface area contributed by atoms with E-state index >= 15 is 0 Å². The van der Waals surface area contributed by atoms with Gasteiger partial charge in [0.05, 0.1) is 5.69 Å². The van der Waals surface area contributed by atoms with Gasteiger partial charge in [-0.25, -0.2) is 0 Å². The first-order valence-electron chi connectivity index (χ1n) is 19.4. The fourth-order valence-corrected chi connectivity index (χ4v) is 8.50. The summed E-state index contributed by atoms with van der Waals surface area (Å²) < 4.78 is 0. The quantitative estimate of drug-likeness (QED) is 0.154. The Bertz CT molecular complexity index is 2720. The van der Waals surface area contributed by atoms with Gasteiger partial charge in [-0.1, -0.05) is 170 Å². The summed E-state index contributed by atoms with van der Waals surface area (Å²) in [6.45, 7) is 0. The van der Waals surface area contributed by atoms with Crippen molar-refractivity contribution in [2.45, 2.75) is 5.92 Å². The zero-order valence-electron chi connectivity index (χ0n) is 31.0. The van der Waals surface area contributed by atoms with Crippen LogP contribution in [0.1, 0.15) is 17.0 Å². The molecule has 0 amide bonds. The van der Waals surface area contributed by atoms with Crippen LogP contribution < -0.4 is 9.80 Å². The van der Waals surface area contributed by atoms with Crippen LogP contribution in [0.15, 0.2) is 230 Å². The molecule has 0 saturated carbocycles. The molecule has 266 valence electrons. The second-order valence-electron chi connectivity index (χ2n) is 14.5. The van der Waals surface area contributed by atoms with Crippen LogP contribution in [0, 0.1) is 5.92 Å². The molecule has 0 heterocycles. The molecule has 0 fully saturated rings. The zero-order chi connectivity index (χ0) is 37.3. The SMILES string of the molecule is C1=CC2C(N(c3ccc(-c4ccccc4)cc3)c3ccc(-c4ccc(N(c5ccccc5)c5cccc6ccccc56)cc4)cc3)=Cc3ccccc3C2C=C1. The molecule has 0 aromatic heterocycles. The fraction of sp³-hybridized carbons (Fsp3) is 0.0370. The highest BCUT2D eigenvalue weighted by Gasteiger charge is 2.33. The summed E-state index contributed by atoms with van der Waals surface area (Å²) in [5.41, 5.74) is 14.4. The first kappa shape index (κ1) is 33.4. The second kappa shape index (κ2) is 14.6. The molecule has 2 nitrogen and oxygen atoms in total. The van der Waals surface area contributed by atoms with Crippen molar-refractivity contribution in [2.75, 3.05) is 9.80 Å². The number of rotatable bonds is 8.